The molecule has 0 aliphatic heterocycles. The third kappa shape index (κ3) is 8.18. The minimum atomic E-state index is -2.61. The number of nitrogens with zero attached hydrogens (tertiary/aromatic N) is 4. The van der Waals surface area contributed by atoms with E-state index in [1.54, 1.807) is 55.0 Å². The zero-order valence-corrected chi connectivity index (χ0v) is 34.2. The topological polar surface area (TPSA) is 64.7 Å². The van der Waals surface area contributed by atoms with Gasteiger partial charge in [0.2, 0.25) is 5.71 Å². The summed E-state index contributed by atoms with van der Waals surface area (Å²) in [6.07, 6.45) is 6.36. The summed E-state index contributed by atoms with van der Waals surface area (Å²) >= 11 is 0. The summed E-state index contributed by atoms with van der Waals surface area (Å²) < 4.78 is 107. The van der Waals surface area contributed by atoms with E-state index in [9.17, 15) is 0 Å². The fourth-order valence-electron chi connectivity index (χ4n) is 8.33. The molecule has 10 rings (SSSR count). The number of furan rings is 1. The molecule has 0 fully saturated rings. The molecule has 63 heavy (non-hydrogen) atoms. The molecule has 0 spiro atoms. The van der Waals surface area contributed by atoms with Gasteiger partial charge in [0.05, 0.1) is 17.1 Å². The Morgan fingerprint density at radius 1 is 0.429 bits per heavy atom. The third-order valence-corrected chi connectivity index (χ3v) is 11.6. The number of hydrogen-bond donors (Lipinski definition) is 0. The lowest BCUT2D eigenvalue weighted by molar-refractivity contribution is 0.653. The molecule has 0 saturated heterocycles. The van der Waals surface area contributed by atoms with E-state index in [-0.39, 0.29) is 28.1 Å². The second kappa shape index (κ2) is 17.1. The Balaban J connectivity index is 1.06. The van der Waals surface area contributed by atoms with Gasteiger partial charge in [0.15, 0.2) is 0 Å². The van der Waals surface area contributed by atoms with Gasteiger partial charge in [0.1, 0.15) is 5.58 Å². The number of aromatic nitrogens is 4. The van der Waals surface area contributed by atoms with Crippen LogP contribution in [0.15, 0.2) is 175 Å². The summed E-state index contributed by atoms with van der Waals surface area (Å²) in [5.41, 5.74) is 9.80. The second-order valence-electron chi connectivity index (χ2n) is 15.7. The molecule has 5 aromatic heterocycles. The van der Waals surface area contributed by atoms with Crippen molar-refractivity contribution in [1.82, 2.24) is 19.9 Å². The number of hydrogen-bond acceptors (Lipinski definition) is 5. The molecule has 5 heterocycles. The molecule has 10 aromatic rings. The molecule has 0 atom stereocenters. The van der Waals surface area contributed by atoms with Crippen molar-refractivity contribution in [3.8, 4) is 56.0 Å². The van der Waals surface area contributed by atoms with Crippen molar-refractivity contribution >= 4 is 22.1 Å². The summed E-state index contributed by atoms with van der Waals surface area (Å²) in [5.74, 6) is 0. The summed E-state index contributed by atoms with van der Waals surface area (Å²) in [6, 6.07) is 45.8. The van der Waals surface area contributed by atoms with Gasteiger partial charge in [0, 0.05) is 73.8 Å². The van der Waals surface area contributed by atoms with Crippen molar-refractivity contribution in [2.75, 3.05) is 0 Å². The number of rotatable bonds is 11. The van der Waals surface area contributed by atoms with Crippen LogP contribution >= 0.6 is 0 Å². The van der Waals surface area contributed by atoms with Crippen LogP contribution in [0.2, 0.25) is 0 Å². The molecular formula is C58H48N4O. The van der Waals surface area contributed by atoms with Gasteiger partial charge < -0.3 is 4.42 Å². The number of aryl methyl sites for hydroxylation is 8. The first-order valence-electron chi connectivity index (χ1n) is 26.8. The fraction of sp³-hybridized carbons (Fsp3) is 0.138. The maximum Gasteiger partial charge on any atom is 0.227 e. The molecule has 0 aliphatic rings. The first kappa shape index (κ1) is 28.2. The van der Waals surface area contributed by atoms with E-state index in [2.05, 4.69) is 21.0 Å². The van der Waals surface area contributed by atoms with E-state index >= 15 is 0 Å². The Hall–Kier alpha value is -7.50. The first-order valence-corrected chi connectivity index (χ1v) is 20.8. The third-order valence-electron chi connectivity index (χ3n) is 11.6. The number of para-hydroxylation sites is 1. The molecule has 0 radical (unpaired) electrons. The largest absolute Gasteiger partial charge is 0.437 e. The van der Waals surface area contributed by atoms with Crippen molar-refractivity contribution in [2.24, 2.45) is 0 Å². The van der Waals surface area contributed by atoms with Crippen LogP contribution in [0.1, 0.15) is 61.1 Å². The SMILES string of the molecule is [2H]C([2H])([2H])c1ccc2c(n1)oc1c(-c3cc(C([2H])([2H])[2H])c(-c4ccccc4-c4cc(CCc5cnc(-c6ccccc6)cc5C([2H])([2H])[2H])cc(CCc5cnc(-c6ccccc6)cc5C([2H])([2H])[2H])c4)cn3)cccc12. The first-order chi connectivity index (χ1) is 35.7. The van der Waals surface area contributed by atoms with Crippen LogP contribution < -0.4 is 0 Å². The van der Waals surface area contributed by atoms with E-state index in [0.717, 1.165) is 27.8 Å². The molecule has 5 aromatic carbocycles. The number of benzene rings is 5. The minimum absolute atomic E-state index is 0.0412. The van der Waals surface area contributed by atoms with E-state index in [1.165, 1.54) is 6.07 Å². The molecule has 0 saturated carbocycles. The number of fused-ring (bicyclic) bond motifs is 3. The molecule has 5 nitrogen and oxygen atoms in total. The molecule has 0 aliphatic carbocycles. The predicted molar refractivity (Wildman–Crippen MR) is 259 cm³/mol. The second-order valence-corrected chi connectivity index (χ2v) is 15.7. The number of pyridine rings is 4. The van der Waals surface area contributed by atoms with Gasteiger partial charge >= 0.3 is 0 Å². The Bertz CT molecular complexity index is 3610. The lowest BCUT2D eigenvalue weighted by Gasteiger charge is -2.16. The normalized spacial score (nSPS) is 15.0. The van der Waals surface area contributed by atoms with Crippen molar-refractivity contribution in [3.63, 3.8) is 0 Å². The van der Waals surface area contributed by atoms with E-state index in [0.29, 0.717) is 92.5 Å². The molecule has 0 N–H and O–H groups in total. The van der Waals surface area contributed by atoms with Crippen molar-refractivity contribution < 1.29 is 20.9 Å². The lowest BCUT2D eigenvalue weighted by Crippen LogP contribution is -2.01. The summed E-state index contributed by atoms with van der Waals surface area (Å²) in [5, 5.41) is 1.27. The van der Waals surface area contributed by atoms with Gasteiger partial charge in [-0.2, -0.15) is 0 Å². The van der Waals surface area contributed by atoms with Gasteiger partial charge in [-0.15, -0.1) is 0 Å². The highest BCUT2D eigenvalue weighted by Crippen LogP contribution is 2.39. The highest BCUT2D eigenvalue weighted by atomic mass is 16.3. The molecule has 0 unspecified atom stereocenters. The van der Waals surface area contributed by atoms with E-state index in [1.807, 2.05) is 103 Å². The average molecular weight is 829 g/mol. The Morgan fingerprint density at radius 2 is 1.02 bits per heavy atom. The van der Waals surface area contributed by atoms with Gasteiger partial charge in [0.25, 0.3) is 0 Å². The summed E-state index contributed by atoms with van der Waals surface area (Å²) in [7, 11) is 0. The predicted octanol–water partition coefficient (Wildman–Crippen LogP) is 14.3. The van der Waals surface area contributed by atoms with Crippen LogP contribution in [-0.2, 0) is 25.7 Å². The van der Waals surface area contributed by atoms with Crippen LogP contribution in [0.5, 0.6) is 0 Å². The average Bonchev–Trinajstić information content (AvgIpc) is 3.77. The maximum absolute atomic E-state index is 8.85. The van der Waals surface area contributed by atoms with Gasteiger partial charge in [-0.3, -0.25) is 15.0 Å². The molecule has 0 amide bonds. The highest BCUT2D eigenvalue weighted by Gasteiger charge is 2.17. The van der Waals surface area contributed by atoms with E-state index < -0.39 is 27.4 Å². The Morgan fingerprint density at radius 3 is 1.65 bits per heavy atom. The molecule has 306 valence electrons. The molecule has 0 bridgehead atoms. The van der Waals surface area contributed by atoms with Crippen LogP contribution in [0.25, 0.3) is 78.1 Å². The van der Waals surface area contributed by atoms with Crippen molar-refractivity contribution in [1.29, 1.82) is 0 Å². The van der Waals surface area contributed by atoms with Crippen molar-refractivity contribution in [3.05, 3.63) is 215 Å². The Labute approximate surface area is 386 Å². The van der Waals surface area contributed by atoms with Gasteiger partial charge in [-0.25, -0.2) is 4.98 Å². The smallest absolute Gasteiger partial charge is 0.227 e. The van der Waals surface area contributed by atoms with E-state index in [4.69, 9.17) is 25.9 Å². The molecular weight excluding hydrogens is 769 g/mol. The zero-order valence-electron chi connectivity index (χ0n) is 46.2. The van der Waals surface area contributed by atoms with Crippen LogP contribution in [0.4, 0.5) is 0 Å². The quantitative estimate of drug-likeness (QED) is 0.130. The van der Waals surface area contributed by atoms with Gasteiger partial charge in [-0.05, 0) is 145 Å². The zero-order chi connectivity index (χ0) is 52.9. The standard InChI is InChI=1S/C58H48N4O/c1-37-28-54(43-14-7-5-8-15-43)59-34-45(37)25-23-41-31-42(24-26-46-35-60-55(29-38(46)2)44-16-9-6-10-17-44)33-47(32-41)48-18-11-12-19-49(48)53-36-61-56(30-39(53)3)52-21-13-20-50-51-27-22-40(4)62-58(51)63-57(50)52/h5-22,27-36H,23-26H2,1-4H3/i1D3,2D3,3D3,4D3. The van der Waals surface area contributed by atoms with Gasteiger partial charge in [-0.1, -0.05) is 115 Å². The molecule has 5 heteroatoms. The monoisotopic (exact) mass is 828 g/mol. The van der Waals surface area contributed by atoms with Crippen LogP contribution in [0, 0.1) is 27.4 Å². The lowest BCUT2D eigenvalue weighted by atomic mass is 9.89. The van der Waals surface area contributed by atoms with Crippen molar-refractivity contribution in [2.45, 2.75) is 53.1 Å². The Kier molecular flexibility index (Phi) is 7.65. The summed E-state index contributed by atoms with van der Waals surface area (Å²) in [6.45, 7) is -9.88. The van der Waals surface area contributed by atoms with Crippen LogP contribution in [0.3, 0.4) is 0 Å². The minimum Gasteiger partial charge on any atom is -0.437 e. The maximum atomic E-state index is 8.85. The van der Waals surface area contributed by atoms with Crippen LogP contribution in [-0.4, -0.2) is 19.9 Å². The highest BCUT2D eigenvalue weighted by molar-refractivity contribution is 6.08. The summed E-state index contributed by atoms with van der Waals surface area (Å²) in [4.78, 5) is 18.5. The fourth-order valence-corrected chi connectivity index (χ4v) is 8.33.